The molecule has 0 atom stereocenters. The van der Waals surface area contributed by atoms with E-state index in [0.717, 1.165) is 6.07 Å². The number of amides is 1. The van der Waals surface area contributed by atoms with Gasteiger partial charge in [0.05, 0.1) is 28.6 Å². The summed E-state index contributed by atoms with van der Waals surface area (Å²) in [6.45, 7) is 0. The molecule has 20 heavy (non-hydrogen) atoms. The summed E-state index contributed by atoms with van der Waals surface area (Å²) in [6.07, 6.45) is 0. The van der Waals surface area contributed by atoms with Crippen LogP contribution in [0.1, 0.15) is 15.9 Å². The highest BCUT2D eigenvalue weighted by molar-refractivity contribution is 6.07. The first kappa shape index (κ1) is 13.2. The quantitative estimate of drug-likeness (QED) is 0.620. The topological polar surface area (TPSA) is 119 Å². The van der Waals surface area contributed by atoms with Crippen molar-refractivity contribution in [1.29, 1.82) is 5.26 Å². The van der Waals surface area contributed by atoms with Crippen LogP contribution in [-0.2, 0) is 0 Å². The van der Waals surface area contributed by atoms with Crippen LogP contribution >= 0.6 is 0 Å². The molecule has 2 aromatic carbocycles. The maximum absolute atomic E-state index is 12.0. The van der Waals surface area contributed by atoms with E-state index < -0.39 is 5.91 Å². The molecule has 0 spiro atoms. The number of aromatic hydroxyl groups is 2. The Kier molecular flexibility index (Phi) is 3.44. The van der Waals surface area contributed by atoms with Crippen molar-refractivity contribution in [3.05, 3.63) is 47.5 Å². The number of nitrogens with one attached hydrogen (secondary N) is 1. The number of carbonyl (C=O) groups is 1. The van der Waals surface area contributed by atoms with Crippen LogP contribution in [-0.4, -0.2) is 16.1 Å². The zero-order valence-electron chi connectivity index (χ0n) is 10.3. The zero-order valence-corrected chi connectivity index (χ0v) is 10.3. The number of phenols is 2. The Hall–Kier alpha value is -3.20. The molecule has 0 heterocycles. The van der Waals surface area contributed by atoms with Gasteiger partial charge in [-0.15, -0.1) is 0 Å². The van der Waals surface area contributed by atoms with Crippen LogP contribution in [0.2, 0.25) is 0 Å². The molecule has 1 amide bonds. The van der Waals surface area contributed by atoms with Crippen LogP contribution < -0.4 is 11.1 Å². The fraction of sp³-hybridized carbons (Fsp3) is 0. The molecular weight excluding hydrogens is 258 g/mol. The van der Waals surface area contributed by atoms with Gasteiger partial charge in [0.25, 0.3) is 5.91 Å². The van der Waals surface area contributed by atoms with Gasteiger partial charge in [-0.2, -0.15) is 5.26 Å². The smallest absolute Gasteiger partial charge is 0.259 e. The Morgan fingerprint density at radius 3 is 2.55 bits per heavy atom. The summed E-state index contributed by atoms with van der Waals surface area (Å²) in [5, 5.41) is 30.0. The first-order valence-corrected chi connectivity index (χ1v) is 5.64. The number of anilines is 2. The molecule has 6 nitrogen and oxygen atoms in total. The van der Waals surface area contributed by atoms with Crippen molar-refractivity contribution in [1.82, 2.24) is 0 Å². The van der Waals surface area contributed by atoms with Gasteiger partial charge in [0.2, 0.25) is 0 Å². The molecule has 0 fully saturated rings. The predicted molar refractivity (Wildman–Crippen MR) is 73.3 cm³/mol. The van der Waals surface area contributed by atoms with Crippen molar-refractivity contribution in [2.45, 2.75) is 0 Å². The van der Waals surface area contributed by atoms with Crippen LogP contribution in [0, 0.1) is 11.3 Å². The van der Waals surface area contributed by atoms with Gasteiger partial charge < -0.3 is 21.3 Å². The largest absolute Gasteiger partial charge is 0.508 e. The summed E-state index contributed by atoms with van der Waals surface area (Å²) in [5.74, 6) is -1.05. The number of nitriles is 1. The number of phenolic OH excluding ortho intramolecular Hbond substituents is 2. The van der Waals surface area contributed by atoms with Crippen molar-refractivity contribution >= 4 is 17.3 Å². The summed E-state index contributed by atoms with van der Waals surface area (Å²) in [6, 6.07) is 10.0. The molecule has 0 aromatic heterocycles. The van der Waals surface area contributed by atoms with Crippen LogP contribution in [0.4, 0.5) is 11.4 Å². The number of benzene rings is 2. The summed E-state index contributed by atoms with van der Waals surface area (Å²) >= 11 is 0. The lowest BCUT2D eigenvalue weighted by Crippen LogP contribution is -2.13. The molecule has 0 saturated carbocycles. The van der Waals surface area contributed by atoms with E-state index in [1.165, 1.54) is 30.3 Å². The fourth-order valence-electron chi connectivity index (χ4n) is 1.65. The van der Waals surface area contributed by atoms with Crippen LogP contribution in [0.5, 0.6) is 11.5 Å². The first-order chi connectivity index (χ1) is 9.51. The average Bonchev–Trinajstić information content (AvgIpc) is 2.40. The monoisotopic (exact) mass is 269 g/mol. The highest BCUT2D eigenvalue weighted by Crippen LogP contribution is 2.25. The van der Waals surface area contributed by atoms with Crippen molar-refractivity contribution in [3.8, 4) is 17.6 Å². The van der Waals surface area contributed by atoms with E-state index >= 15 is 0 Å². The van der Waals surface area contributed by atoms with Gasteiger partial charge in [-0.05, 0) is 30.3 Å². The number of rotatable bonds is 2. The summed E-state index contributed by atoms with van der Waals surface area (Å²) in [4.78, 5) is 12.0. The molecule has 100 valence electrons. The Morgan fingerprint density at radius 2 is 1.95 bits per heavy atom. The second-order valence-electron chi connectivity index (χ2n) is 4.07. The standard InChI is InChI=1S/C14H11N3O3/c15-7-8-1-4-12(11(16)5-8)17-14(20)10-3-2-9(18)6-13(10)19/h1-6,18-19H,16H2,(H,17,20). The SMILES string of the molecule is N#Cc1ccc(NC(=O)c2ccc(O)cc2O)c(N)c1. The van der Waals surface area contributed by atoms with E-state index in [1.807, 2.05) is 6.07 Å². The molecular formula is C14H11N3O3. The summed E-state index contributed by atoms with van der Waals surface area (Å²) in [7, 11) is 0. The number of nitrogen functional groups attached to an aromatic ring is 1. The lowest BCUT2D eigenvalue weighted by molar-refractivity contribution is 0.102. The normalized spacial score (nSPS) is 9.75. The Bertz CT molecular complexity index is 720. The molecule has 0 unspecified atom stereocenters. The fourth-order valence-corrected chi connectivity index (χ4v) is 1.65. The van der Waals surface area contributed by atoms with E-state index in [2.05, 4.69) is 5.32 Å². The molecule has 2 aromatic rings. The Labute approximate surface area is 114 Å². The van der Waals surface area contributed by atoms with Crippen molar-refractivity contribution in [2.24, 2.45) is 0 Å². The first-order valence-electron chi connectivity index (χ1n) is 5.64. The minimum absolute atomic E-state index is 0.00607. The van der Waals surface area contributed by atoms with Gasteiger partial charge in [0.15, 0.2) is 0 Å². The average molecular weight is 269 g/mol. The molecule has 0 radical (unpaired) electrons. The second kappa shape index (κ2) is 5.20. The summed E-state index contributed by atoms with van der Waals surface area (Å²) in [5.41, 5.74) is 6.69. The van der Waals surface area contributed by atoms with Crippen molar-refractivity contribution in [3.63, 3.8) is 0 Å². The lowest BCUT2D eigenvalue weighted by Gasteiger charge is -2.09. The minimum Gasteiger partial charge on any atom is -0.508 e. The molecule has 0 aliphatic carbocycles. The van der Waals surface area contributed by atoms with Gasteiger partial charge in [-0.3, -0.25) is 4.79 Å². The Morgan fingerprint density at radius 1 is 1.20 bits per heavy atom. The van der Waals surface area contributed by atoms with E-state index in [0.29, 0.717) is 11.3 Å². The molecule has 0 aliphatic heterocycles. The number of nitrogens with zero attached hydrogens (tertiary/aromatic N) is 1. The van der Waals surface area contributed by atoms with Gasteiger partial charge in [-0.1, -0.05) is 0 Å². The third-order valence-corrected chi connectivity index (χ3v) is 2.65. The van der Waals surface area contributed by atoms with E-state index in [9.17, 15) is 9.90 Å². The number of hydrogen-bond donors (Lipinski definition) is 4. The molecule has 5 N–H and O–H groups in total. The van der Waals surface area contributed by atoms with Crippen molar-refractivity contribution < 1.29 is 15.0 Å². The molecule has 0 saturated heterocycles. The van der Waals surface area contributed by atoms with Gasteiger partial charge in [-0.25, -0.2) is 0 Å². The van der Waals surface area contributed by atoms with Gasteiger partial charge >= 0.3 is 0 Å². The molecule has 2 rings (SSSR count). The van der Waals surface area contributed by atoms with E-state index in [4.69, 9.17) is 16.1 Å². The predicted octanol–water partition coefficient (Wildman–Crippen LogP) is 1.80. The number of hydrogen-bond acceptors (Lipinski definition) is 5. The maximum Gasteiger partial charge on any atom is 0.259 e. The van der Waals surface area contributed by atoms with E-state index in [1.54, 1.807) is 0 Å². The number of nitrogens with two attached hydrogens (primary N) is 1. The van der Waals surface area contributed by atoms with Crippen LogP contribution in [0.25, 0.3) is 0 Å². The third kappa shape index (κ3) is 2.62. The van der Waals surface area contributed by atoms with Crippen LogP contribution in [0.3, 0.4) is 0 Å². The number of carbonyl (C=O) groups excluding carboxylic acids is 1. The highest BCUT2D eigenvalue weighted by Gasteiger charge is 2.13. The third-order valence-electron chi connectivity index (χ3n) is 2.65. The van der Waals surface area contributed by atoms with Gasteiger partial charge in [0, 0.05) is 6.07 Å². The molecule has 0 bridgehead atoms. The summed E-state index contributed by atoms with van der Waals surface area (Å²) < 4.78 is 0. The Balaban J connectivity index is 2.26. The lowest BCUT2D eigenvalue weighted by atomic mass is 10.1. The maximum atomic E-state index is 12.0. The van der Waals surface area contributed by atoms with Crippen molar-refractivity contribution in [2.75, 3.05) is 11.1 Å². The highest BCUT2D eigenvalue weighted by atomic mass is 16.3. The minimum atomic E-state index is -0.570. The second-order valence-corrected chi connectivity index (χ2v) is 4.07. The zero-order chi connectivity index (χ0) is 14.7. The molecule has 6 heteroatoms. The van der Waals surface area contributed by atoms with Crippen LogP contribution in [0.15, 0.2) is 36.4 Å². The van der Waals surface area contributed by atoms with Gasteiger partial charge in [0.1, 0.15) is 11.5 Å². The van der Waals surface area contributed by atoms with E-state index in [-0.39, 0.29) is 22.7 Å². The molecule has 0 aliphatic rings.